The Hall–Kier alpha value is -1.44. The van der Waals surface area contributed by atoms with E-state index < -0.39 is 10.0 Å². The zero-order valence-corrected chi connectivity index (χ0v) is 12.8. The molecule has 1 unspecified atom stereocenters. The molecule has 0 bridgehead atoms. The molecule has 0 radical (unpaired) electrons. The van der Waals surface area contributed by atoms with Crippen molar-refractivity contribution in [3.8, 4) is 0 Å². The highest BCUT2D eigenvalue weighted by Gasteiger charge is 2.29. The molecule has 116 valence electrons. The van der Waals surface area contributed by atoms with E-state index in [-0.39, 0.29) is 23.3 Å². The highest BCUT2D eigenvalue weighted by molar-refractivity contribution is 7.89. The number of benzene rings is 1. The van der Waals surface area contributed by atoms with Gasteiger partial charge in [0.05, 0.1) is 4.90 Å². The number of piperidine rings is 1. The molecule has 1 aromatic carbocycles. The molecule has 0 spiro atoms. The number of nitrogens with one attached hydrogen (secondary N) is 1. The fourth-order valence-electron chi connectivity index (χ4n) is 2.47. The number of aliphatic hydroxyl groups is 1. The van der Waals surface area contributed by atoms with Crippen molar-refractivity contribution in [2.75, 3.05) is 26.7 Å². The number of nitrogens with zero attached hydrogens (tertiary/aromatic N) is 1. The number of hydrogen-bond acceptors (Lipinski definition) is 4. The number of hydrogen-bond donors (Lipinski definition) is 2. The first kappa shape index (κ1) is 15.9. The van der Waals surface area contributed by atoms with Crippen LogP contribution >= 0.6 is 0 Å². The van der Waals surface area contributed by atoms with Gasteiger partial charge in [-0.2, -0.15) is 4.31 Å². The third-order valence-electron chi connectivity index (χ3n) is 3.72. The molecule has 1 saturated heterocycles. The topological polar surface area (TPSA) is 86.7 Å². The smallest absolute Gasteiger partial charge is 0.251 e. The molecule has 1 aliphatic heterocycles. The second-order valence-corrected chi connectivity index (χ2v) is 7.10. The molecule has 1 atom stereocenters. The summed E-state index contributed by atoms with van der Waals surface area (Å²) >= 11 is 0. The minimum Gasteiger partial charge on any atom is -0.396 e. The molecule has 1 fully saturated rings. The molecule has 2 N–H and O–H groups in total. The maximum absolute atomic E-state index is 12.5. The average Bonchev–Trinajstić information content (AvgIpc) is 2.54. The lowest BCUT2D eigenvalue weighted by molar-refractivity contribution is 0.0963. The van der Waals surface area contributed by atoms with Crippen LogP contribution in [0, 0.1) is 5.92 Å². The molecular weight excluding hydrogens is 292 g/mol. The lowest BCUT2D eigenvalue weighted by Gasteiger charge is -2.30. The van der Waals surface area contributed by atoms with E-state index >= 15 is 0 Å². The molecular formula is C14H20N2O4S. The number of carbonyl (C=O) groups excluding carboxylic acids is 1. The van der Waals surface area contributed by atoms with Crippen molar-refractivity contribution in [1.82, 2.24) is 9.62 Å². The summed E-state index contributed by atoms with van der Waals surface area (Å²) in [6.07, 6.45) is 1.60. The van der Waals surface area contributed by atoms with Gasteiger partial charge in [0.15, 0.2) is 0 Å². The first-order valence-electron chi connectivity index (χ1n) is 6.92. The highest BCUT2D eigenvalue weighted by atomic mass is 32.2. The largest absolute Gasteiger partial charge is 0.396 e. The predicted octanol–water partition coefficient (Wildman–Crippen LogP) is 0.439. The average molecular weight is 312 g/mol. The molecule has 7 heteroatoms. The van der Waals surface area contributed by atoms with Crippen LogP contribution in [0.15, 0.2) is 29.2 Å². The molecule has 1 amide bonds. The summed E-state index contributed by atoms with van der Waals surface area (Å²) in [7, 11) is -2.04. The van der Waals surface area contributed by atoms with E-state index in [4.69, 9.17) is 0 Å². The molecule has 1 aromatic rings. The van der Waals surface area contributed by atoms with Gasteiger partial charge in [0.2, 0.25) is 10.0 Å². The highest BCUT2D eigenvalue weighted by Crippen LogP contribution is 2.23. The third-order valence-corrected chi connectivity index (χ3v) is 5.60. The monoisotopic (exact) mass is 312 g/mol. The maximum Gasteiger partial charge on any atom is 0.251 e. The molecule has 1 heterocycles. The third kappa shape index (κ3) is 3.42. The number of aliphatic hydroxyl groups excluding tert-OH is 1. The number of rotatable bonds is 4. The second-order valence-electron chi connectivity index (χ2n) is 5.16. The van der Waals surface area contributed by atoms with Crippen molar-refractivity contribution in [3.63, 3.8) is 0 Å². The summed E-state index contributed by atoms with van der Waals surface area (Å²) in [5.41, 5.74) is 0.420. The van der Waals surface area contributed by atoms with Crippen LogP contribution in [0.3, 0.4) is 0 Å². The van der Waals surface area contributed by atoms with Crippen LogP contribution in [0.1, 0.15) is 23.2 Å². The van der Waals surface area contributed by atoms with Crippen LogP contribution in [-0.4, -0.2) is 50.5 Å². The van der Waals surface area contributed by atoms with E-state index in [0.29, 0.717) is 18.7 Å². The molecule has 0 aromatic heterocycles. The molecule has 0 aliphatic carbocycles. The minimum absolute atomic E-state index is 0.00123. The predicted molar refractivity (Wildman–Crippen MR) is 78.4 cm³/mol. The summed E-state index contributed by atoms with van der Waals surface area (Å²) < 4.78 is 26.5. The van der Waals surface area contributed by atoms with Gasteiger partial charge in [-0.1, -0.05) is 0 Å². The van der Waals surface area contributed by atoms with E-state index in [9.17, 15) is 18.3 Å². The van der Waals surface area contributed by atoms with Crippen molar-refractivity contribution in [3.05, 3.63) is 29.8 Å². The van der Waals surface area contributed by atoms with Crippen LogP contribution in [0.4, 0.5) is 0 Å². The number of carbonyl (C=O) groups is 1. The van der Waals surface area contributed by atoms with Crippen LogP contribution in [0.5, 0.6) is 0 Å². The Labute approximate surface area is 124 Å². The van der Waals surface area contributed by atoms with E-state index in [2.05, 4.69) is 5.32 Å². The fourth-order valence-corrected chi connectivity index (χ4v) is 4.02. The Kier molecular flexibility index (Phi) is 4.97. The van der Waals surface area contributed by atoms with Gasteiger partial charge in [0, 0.05) is 32.3 Å². The molecule has 1 aliphatic rings. The van der Waals surface area contributed by atoms with Gasteiger partial charge in [0.1, 0.15) is 0 Å². The second kappa shape index (κ2) is 6.55. The first-order valence-corrected chi connectivity index (χ1v) is 8.36. The maximum atomic E-state index is 12.5. The van der Waals surface area contributed by atoms with Crippen molar-refractivity contribution >= 4 is 15.9 Å². The molecule has 0 saturated carbocycles. The quantitative estimate of drug-likeness (QED) is 0.844. The van der Waals surface area contributed by atoms with Crippen LogP contribution in [0.25, 0.3) is 0 Å². The standard InChI is InChI=1S/C14H20N2O4S/c1-15-14(18)12-4-6-13(7-5-12)21(19,20)16-8-2-3-11(9-16)10-17/h4-7,11,17H,2-3,8-10H2,1H3,(H,15,18). The van der Waals surface area contributed by atoms with Crippen molar-refractivity contribution in [1.29, 1.82) is 0 Å². The van der Waals surface area contributed by atoms with Gasteiger partial charge in [0.25, 0.3) is 5.91 Å². The van der Waals surface area contributed by atoms with Gasteiger partial charge in [-0.15, -0.1) is 0 Å². The van der Waals surface area contributed by atoms with E-state index in [1.807, 2.05) is 0 Å². The van der Waals surface area contributed by atoms with Crippen LogP contribution in [0.2, 0.25) is 0 Å². The summed E-state index contributed by atoms with van der Waals surface area (Å²) in [6.45, 7) is 0.813. The summed E-state index contributed by atoms with van der Waals surface area (Å²) in [4.78, 5) is 11.6. The molecule has 6 nitrogen and oxygen atoms in total. The Morgan fingerprint density at radius 3 is 2.62 bits per heavy atom. The van der Waals surface area contributed by atoms with Gasteiger partial charge in [-0.25, -0.2) is 8.42 Å². The number of amides is 1. The summed E-state index contributed by atoms with van der Waals surface area (Å²) in [5.74, 6) is -0.254. The zero-order chi connectivity index (χ0) is 15.5. The van der Waals surface area contributed by atoms with Crippen LogP contribution < -0.4 is 5.32 Å². The Balaban J connectivity index is 2.21. The van der Waals surface area contributed by atoms with E-state index in [1.165, 1.54) is 35.6 Å². The first-order chi connectivity index (χ1) is 9.98. The van der Waals surface area contributed by atoms with Crippen molar-refractivity contribution < 1.29 is 18.3 Å². The molecule has 2 rings (SSSR count). The minimum atomic E-state index is -3.56. The van der Waals surface area contributed by atoms with Crippen molar-refractivity contribution in [2.45, 2.75) is 17.7 Å². The normalized spacial score (nSPS) is 20.2. The lowest BCUT2D eigenvalue weighted by Crippen LogP contribution is -2.40. The molecule has 21 heavy (non-hydrogen) atoms. The van der Waals surface area contributed by atoms with Crippen LogP contribution in [-0.2, 0) is 10.0 Å². The lowest BCUT2D eigenvalue weighted by atomic mass is 10.0. The fraction of sp³-hybridized carbons (Fsp3) is 0.500. The van der Waals surface area contributed by atoms with Gasteiger partial charge >= 0.3 is 0 Å². The van der Waals surface area contributed by atoms with Crippen molar-refractivity contribution in [2.24, 2.45) is 5.92 Å². The zero-order valence-electron chi connectivity index (χ0n) is 11.9. The van der Waals surface area contributed by atoms with E-state index in [1.54, 1.807) is 0 Å². The summed E-state index contributed by atoms with van der Waals surface area (Å²) in [6, 6.07) is 5.89. The van der Waals surface area contributed by atoms with Gasteiger partial charge in [-0.05, 0) is 43.0 Å². The van der Waals surface area contributed by atoms with E-state index in [0.717, 1.165) is 12.8 Å². The summed E-state index contributed by atoms with van der Waals surface area (Å²) in [5, 5.41) is 11.7. The van der Waals surface area contributed by atoms with Gasteiger partial charge in [-0.3, -0.25) is 4.79 Å². The van der Waals surface area contributed by atoms with Gasteiger partial charge < -0.3 is 10.4 Å². The number of sulfonamides is 1. The SMILES string of the molecule is CNC(=O)c1ccc(S(=O)(=O)N2CCCC(CO)C2)cc1. The Morgan fingerprint density at radius 1 is 1.38 bits per heavy atom. The Bertz CT molecular complexity index is 598. The Morgan fingerprint density at radius 2 is 2.05 bits per heavy atom.